The summed E-state index contributed by atoms with van der Waals surface area (Å²) in [6.45, 7) is 16.1. The number of nitrogens with one attached hydrogen (secondary N) is 1. The number of hydrogen-bond acceptors (Lipinski definition) is 6. The first-order chi connectivity index (χ1) is 17.2. The third kappa shape index (κ3) is 9.75. The molecule has 0 saturated heterocycles. The monoisotopic (exact) mass is 511 g/mol. The zero-order valence-corrected chi connectivity index (χ0v) is 22.2. The van der Waals surface area contributed by atoms with Crippen LogP contribution in [0.1, 0.15) is 37.6 Å². The van der Waals surface area contributed by atoms with E-state index in [9.17, 15) is 14.0 Å². The normalized spacial score (nSPS) is 11.1. The summed E-state index contributed by atoms with van der Waals surface area (Å²) < 4.78 is 24.4. The van der Waals surface area contributed by atoms with Crippen molar-refractivity contribution in [2.24, 2.45) is 4.99 Å². The maximum atomic E-state index is 12.9. The number of rotatable bonds is 10. The lowest BCUT2D eigenvalue weighted by molar-refractivity contribution is -0.121. The van der Waals surface area contributed by atoms with Crippen LogP contribution in [0.15, 0.2) is 66.2 Å². The van der Waals surface area contributed by atoms with Crippen molar-refractivity contribution in [3.63, 3.8) is 0 Å². The van der Waals surface area contributed by atoms with Crippen LogP contribution in [-0.4, -0.2) is 52.4 Å². The SMILES string of the molecule is C=C(F)C(=O)NN(C)C=NC(=C)N(CCc1cc(Oc2cccc(C)n2)ccc1C)C(=O)OC(C)(C)C. The van der Waals surface area contributed by atoms with E-state index in [1.165, 1.54) is 18.3 Å². The molecule has 0 unspecified atom stereocenters. The van der Waals surface area contributed by atoms with E-state index in [0.717, 1.165) is 21.8 Å². The van der Waals surface area contributed by atoms with Crippen molar-refractivity contribution in [3.05, 3.63) is 78.0 Å². The van der Waals surface area contributed by atoms with Crippen LogP contribution in [0.2, 0.25) is 0 Å². The highest BCUT2D eigenvalue weighted by Crippen LogP contribution is 2.24. The zero-order chi connectivity index (χ0) is 27.8. The zero-order valence-electron chi connectivity index (χ0n) is 22.2. The van der Waals surface area contributed by atoms with Crippen molar-refractivity contribution in [2.45, 2.75) is 46.6 Å². The molecule has 0 spiro atoms. The van der Waals surface area contributed by atoms with Gasteiger partial charge >= 0.3 is 6.09 Å². The predicted octanol–water partition coefficient (Wildman–Crippen LogP) is 5.22. The Morgan fingerprint density at radius 1 is 1.19 bits per heavy atom. The molecule has 1 heterocycles. The maximum absolute atomic E-state index is 12.9. The molecule has 37 heavy (non-hydrogen) atoms. The van der Waals surface area contributed by atoms with Crippen LogP contribution in [-0.2, 0) is 16.0 Å². The highest BCUT2D eigenvalue weighted by Gasteiger charge is 2.24. The Bertz CT molecular complexity index is 1190. The Balaban J connectivity index is 2.19. The summed E-state index contributed by atoms with van der Waals surface area (Å²) in [6.07, 6.45) is 1.01. The van der Waals surface area contributed by atoms with E-state index < -0.39 is 23.4 Å². The first-order valence-electron chi connectivity index (χ1n) is 11.6. The largest absolute Gasteiger partial charge is 0.443 e. The van der Waals surface area contributed by atoms with Crippen LogP contribution in [0.5, 0.6) is 11.6 Å². The second-order valence-corrected chi connectivity index (χ2v) is 9.31. The van der Waals surface area contributed by atoms with Gasteiger partial charge in [0.1, 0.15) is 23.5 Å². The third-order valence-corrected chi connectivity index (χ3v) is 4.84. The fourth-order valence-electron chi connectivity index (χ4n) is 3.02. The number of carbonyl (C=O) groups excluding carboxylic acids is 2. The molecule has 0 radical (unpaired) electrons. The molecule has 1 aromatic heterocycles. The predicted molar refractivity (Wildman–Crippen MR) is 141 cm³/mol. The average Bonchev–Trinajstić information content (AvgIpc) is 2.78. The van der Waals surface area contributed by atoms with Gasteiger partial charge in [0, 0.05) is 25.4 Å². The summed E-state index contributed by atoms with van der Waals surface area (Å²) in [6, 6.07) is 11.2. The molecule has 2 amide bonds. The first kappa shape index (κ1) is 29.0. The maximum Gasteiger partial charge on any atom is 0.415 e. The minimum absolute atomic E-state index is 0.0726. The van der Waals surface area contributed by atoms with Crippen molar-refractivity contribution in [1.82, 2.24) is 20.3 Å². The third-order valence-electron chi connectivity index (χ3n) is 4.84. The number of ether oxygens (including phenoxy) is 2. The molecule has 2 rings (SSSR count). The van der Waals surface area contributed by atoms with Gasteiger partial charge in [0.05, 0.1) is 0 Å². The van der Waals surface area contributed by atoms with Gasteiger partial charge in [0.25, 0.3) is 5.91 Å². The number of nitrogens with zero attached hydrogens (tertiary/aromatic N) is 4. The number of benzene rings is 1. The number of halogens is 1. The molecular formula is C27H34FN5O4. The van der Waals surface area contributed by atoms with Crippen LogP contribution in [0.4, 0.5) is 9.18 Å². The number of pyridine rings is 1. The molecule has 0 fully saturated rings. The number of aliphatic imine (C=N–C) groups is 1. The standard InChI is InChI=1S/C27H34FN5O4/c1-18-12-13-23(36-24-11-9-10-19(2)30-24)16-22(18)14-15-33(26(35)37-27(5,6)7)21(4)29-17-32(8)31-25(34)20(3)28/h9-13,16-17H,3-4,14-15H2,1-2,5-8H3,(H,31,34). The van der Waals surface area contributed by atoms with E-state index in [0.29, 0.717) is 18.1 Å². The summed E-state index contributed by atoms with van der Waals surface area (Å²) in [4.78, 5) is 34.2. The number of hydrazine groups is 1. The van der Waals surface area contributed by atoms with Crippen molar-refractivity contribution < 1.29 is 23.5 Å². The lowest BCUT2D eigenvalue weighted by Gasteiger charge is -2.27. The van der Waals surface area contributed by atoms with Gasteiger partial charge in [-0.15, -0.1) is 0 Å². The van der Waals surface area contributed by atoms with Gasteiger partial charge in [0.2, 0.25) is 5.88 Å². The molecule has 0 aliphatic heterocycles. The van der Waals surface area contributed by atoms with E-state index in [4.69, 9.17) is 9.47 Å². The van der Waals surface area contributed by atoms with Gasteiger partial charge < -0.3 is 9.47 Å². The Labute approximate surface area is 217 Å². The number of aromatic nitrogens is 1. The molecule has 0 saturated carbocycles. The molecule has 2 aromatic rings. The molecule has 1 aromatic carbocycles. The number of hydrogen-bond donors (Lipinski definition) is 1. The van der Waals surface area contributed by atoms with Gasteiger partial charge in [-0.1, -0.05) is 25.3 Å². The fraction of sp³-hybridized carbons (Fsp3) is 0.333. The molecular weight excluding hydrogens is 477 g/mol. The number of aryl methyl sites for hydroxylation is 2. The van der Waals surface area contributed by atoms with Crippen LogP contribution >= 0.6 is 0 Å². The average molecular weight is 512 g/mol. The Morgan fingerprint density at radius 2 is 1.89 bits per heavy atom. The molecule has 9 nitrogen and oxygen atoms in total. The minimum Gasteiger partial charge on any atom is -0.443 e. The van der Waals surface area contributed by atoms with Crippen LogP contribution in [0, 0.1) is 13.8 Å². The van der Waals surface area contributed by atoms with Gasteiger partial charge in [-0.2, -0.15) is 0 Å². The number of carbonyl (C=O) groups is 2. The van der Waals surface area contributed by atoms with Crippen molar-refractivity contribution >= 4 is 18.3 Å². The molecule has 0 bridgehead atoms. The lowest BCUT2D eigenvalue weighted by atomic mass is 10.1. The second-order valence-electron chi connectivity index (χ2n) is 9.31. The molecule has 1 N–H and O–H groups in total. The van der Waals surface area contributed by atoms with Crippen molar-refractivity contribution in [3.8, 4) is 11.6 Å². The molecule has 0 atom stereocenters. The Kier molecular flexibility index (Phi) is 9.93. The highest BCUT2D eigenvalue weighted by atomic mass is 19.1. The number of amides is 2. The van der Waals surface area contributed by atoms with Crippen molar-refractivity contribution in [1.29, 1.82) is 0 Å². The van der Waals surface area contributed by atoms with Gasteiger partial charge in [0.15, 0.2) is 5.83 Å². The van der Waals surface area contributed by atoms with E-state index in [1.54, 1.807) is 26.8 Å². The highest BCUT2D eigenvalue weighted by molar-refractivity contribution is 5.90. The summed E-state index contributed by atoms with van der Waals surface area (Å²) in [5.74, 6) is -0.980. The second kappa shape index (κ2) is 12.7. The smallest absolute Gasteiger partial charge is 0.415 e. The van der Waals surface area contributed by atoms with E-state index >= 15 is 0 Å². The summed E-state index contributed by atoms with van der Waals surface area (Å²) in [5, 5.41) is 1.12. The summed E-state index contributed by atoms with van der Waals surface area (Å²) in [5.41, 5.74) is 4.27. The lowest BCUT2D eigenvalue weighted by Crippen LogP contribution is -2.39. The summed E-state index contributed by atoms with van der Waals surface area (Å²) in [7, 11) is 1.44. The molecule has 198 valence electrons. The van der Waals surface area contributed by atoms with Crippen LogP contribution in [0.3, 0.4) is 0 Å². The van der Waals surface area contributed by atoms with Gasteiger partial charge in [-0.3, -0.25) is 20.1 Å². The fourth-order valence-corrected chi connectivity index (χ4v) is 3.02. The molecule has 0 aliphatic rings. The summed E-state index contributed by atoms with van der Waals surface area (Å²) >= 11 is 0. The quantitative estimate of drug-likeness (QED) is 0.203. The van der Waals surface area contributed by atoms with Gasteiger partial charge in [-0.05, 0) is 70.4 Å². The molecule has 0 aliphatic carbocycles. The topological polar surface area (TPSA) is 96.4 Å². The van der Waals surface area contributed by atoms with Crippen molar-refractivity contribution in [2.75, 3.05) is 13.6 Å². The van der Waals surface area contributed by atoms with Crippen LogP contribution in [0.25, 0.3) is 0 Å². The van der Waals surface area contributed by atoms with Crippen LogP contribution < -0.4 is 10.2 Å². The Hall–Kier alpha value is -4.21. The van der Waals surface area contributed by atoms with E-state index in [1.807, 2.05) is 44.2 Å². The Morgan fingerprint density at radius 3 is 2.51 bits per heavy atom. The molecule has 10 heteroatoms. The van der Waals surface area contributed by atoms with E-state index in [2.05, 4.69) is 28.6 Å². The van der Waals surface area contributed by atoms with E-state index in [-0.39, 0.29) is 12.4 Å². The van der Waals surface area contributed by atoms with Gasteiger partial charge in [-0.25, -0.2) is 19.2 Å². The first-order valence-corrected chi connectivity index (χ1v) is 11.6. The minimum atomic E-state index is -1.14.